The molecule has 2 aromatic heterocycles. The maximum Gasteiger partial charge on any atom is 0.435 e. The number of anilines is 2. The van der Waals surface area contributed by atoms with Crippen LogP contribution < -0.4 is 5.32 Å². The highest BCUT2D eigenvalue weighted by Crippen LogP contribution is 2.32. The lowest BCUT2D eigenvalue weighted by Gasteiger charge is -2.13. The second kappa shape index (κ2) is 10.2. The van der Waals surface area contributed by atoms with Crippen molar-refractivity contribution in [1.82, 2.24) is 19.7 Å². The number of rotatable bonds is 7. The van der Waals surface area contributed by atoms with Gasteiger partial charge in [0.15, 0.2) is 11.5 Å². The Hall–Kier alpha value is -4.12. The molecule has 11 heteroatoms. The summed E-state index contributed by atoms with van der Waals surface area (Å²) in [4.78, 5) is 20.8. The van der Waals surface area contributed by atoms with Crippen LogP contribution in [0, 0.1) is 6.92 Å². The summed E-state index contributed by atoms with van der Waals surface area (Å²) in [7, 11) is 0. The van der Waals surface area contributed by atoms with Gasteiger partial charge in [-0.15, -0.1) is 11.8 Å². The third kappa shape index (κ3) is 5.74. The number of nitrogens with zero attached hydrogens (tertiary/aromatic N) is 4. The number of hydrogen-bond donors (Lipinski definition) is 2. The zero-order valence-electron chi connectivity index (χ0n) is 19.1. The van der Waals surface area contributed by atoms with Crippen molar-refractivity contribution in [2.24, 2.45) is 0 Å². The molecule has 7 nitrogen and oxygen atoms in total. The van der Waals surface area contributed by atoms with Crippen molar-refractivity contribution in [3.8, 4) is 16.9 Å². The van der Waals surface area contributed by atoms with E-state index in [0.29, 0.717) is 16.7 Å². The second-order valence-corrected chi connectivity index (χ2v) is 8.55. The topological polar surface area (TPSA) is 92.9 Å². The maximum atomic E-state index is 13.4. The molecule has 2 heterocycles. The molecule has 0 aliphatic heterocycles. The van der Waals surface area contributed by atoms with Gasteiger partial charge in [0.25, 0.3) is 0 Å². The molecule has 0 atom stereocenters. The molecule has 0 fully saturated rings. The Balaban J connectivity index is 1.84. The number of thioether (sulfide) groups is 1. The Bertz CT molecular complexity index is 1450. The minimum absolute atomic E-state index is 0.140. The molecule has 36 heavy (non-hydrogen) atoms. The molecule has 2 N–H and O–H groups in total. The van der Waals surface area contributed by atoms with Crippen LogP contribution in [0.3, 0.4) is 0 Å². The van der Waals surface area contributed by atoms with Crippen LogP contribution >= 0.6 is 11.8 Å². The van der Waals surface area contributed by atoms with E-state index < -0.39 is 17.8 Å². The van der Waals surface area contributed by atoms with Gasteiger partial charge in [0.1, 0.15) is 0 Å². The summed E-state index contributed by atoms with van der Waals surface area (Å²) in [5, 5.41) is 15.8. The molecule has 0 aliphatic rings. The van der Waals surface area contributed by atoms with Crippen molar-refractivity contribution in [3.05, 3.63) is 83.8 Å². The second-order valence-electron chi connectivity index (χ2n) is 7.67. The lowest BCUT2D eigenvalue weighted by Crippen LogP contribution is -2.10. The largest absolute Gasteiger partial charge is 0.478 e. The van der Waals surface area contributed by atoms with Gasteiger partial charge in [-0.1, -0.05) is 24.3 Å². The fourth-order valence-electron chi connectivity index (χ4n) is 3.43. The van der Waals surface area contributed by atoms with Crippen LogP contribution in [-0.4, -0.2) is 37.1 Å². The molecule has 0 saturated carbocycles. The van der Waals surface area contributed by atoms with Gasteiger partial charge in [0, 0.05) is 34.1 Å². The Morgan fingerprint density at radius 1 is 1.14 bits per heavy atom. The fraction of sp³-hybridized carbons (Fsp3) is 0.120. The minimum Gasteiger partial charge on any atom is -0.478 e. The number of aryl methyl sites for hydroxylation is 1. The van der Waals surface area contributed by atoms with E-state index in [4.69, 9.17) is 5.11 Å². The van der Waals surface area contributed by atoms with E-state index in [2.05, 4.69) is 20.4 Å². The van der Waals surface area contributed by atoms with Crippen molar-refractivity contribution in [2.75, 3.05) is 11.6 Å². The predicted molar refractivity (Wildman–Crippen MR) is 133 cm³/mol. The third-order valence-corrected chi connectivity index (χ3v) is 5.81. The first-order valence-electron chi connectivity index (χ1n) is 10.6. The first-order chi connectivity index (χ1) is 17.1. The van der Waals surface area contributed by atoms with E-state index in [1.807, 2.05) is 30.5 Å². The highest BCUT2D eigenvalue weighted by molar-refractivity contribution is 7.98. The molecule has 0 saturated heterocycles. The van der Waals surface area contributed by atoms with Gasteiger partial charge in [-0.3, -0.25) is 0 Å². The summed E-state index contributed by atoms with van der Waals surface area (Å²) in [6, 6.07) is 15.3. The van der Waals surface area contributed by atoms with Crippen molar-refractivity contribution in [1.29, 1.82) is 0 Å². The average Bonchev–Trinajstić information content (AvgIpc) is 3.25. The summed E-state index contributed by atoms with van der Waals surface area (Å²) in [6.07, 6.45) is 1.24. The van der Waals surface area contributed by atoms with E-state index in [0.717, 1.165) is 27.4 Å². The molecule has 0 bridgehead atoms. The smallest absolute Gasteiger partial charge is 0.435 e. The fourth-order valence-corrected chi connectivity index (χ4v) is 3.89. The normalized spacial score (nSPS) is 11.7. The van der Waals surface area contributed by atoms with Crippen molar-refractivity contribution >= 4 is 35.4 Å². The van der Waals surface area contributed by atoms with E-state index in [-0.39, 0.29) is 17.5 Å². The summed E-state index contributed by atoms with van der Waals surface area (Å²) < 4.78 is 41.3. The van der Waals surface area contributed by atoms with E-state index in [9.17, 15) is 18.0 Å². The van der Waals surface area contributed by atoms with Gasteiger partial charge >= 0.3 is 12.1 Å². The van der Waals surface area contributed by atoms with E-state index in [1.54, 1.807) is 36.0 Å². The Morgan fingerprint density at radius 2 is 1.92 bits per heavy atom. The molecule has 2 aromatic carbocycles. The molecule has 0 amide bonds. The Morgan fingerprint density at radius 3 is 2.61 bits per heavy atom. The van der Waals surface area contributed by atoms with Gasteiger partial charge in [-0.05, 0) is 60.7 Å². The number of aromatic nitrogens is 4. The lowest BCUT2D eigenvalue weighted by molar-refractivity contribution is -0.141. The molecular formula is C25H20F3N5O2S. The number of benzene rings is 2. The van der Waals surface area contributed by atoms with Gasteiger partial charge in [0.05, 0.1) is 0 Å². The van der Waals surface area contributed by atoms with Crippen molar-refractivity contribution in [3.63, 3.8) is 0 Å². The summed E-state index contributed by atoms with van der Waals surface area (Å²) in [5.74, 6) is -0.782. The van der Waals surface area contributed by atoms with Gasteiger partial charge in [-0.25, -0.2) is 14.5 Å². The standard InChI is InChI=1S/C25H20F3N5O2S/c1-15-11-21(25(26,27)28)32-33(15)23-20(17-6-3-5-16(12-17)9-10-22(34)35)14-29-24(31-23)30-18-7-4-8-19(13-18)36-2/h3-14H,1-2H3,(H,34,35)(H,29,30,31)/b10-9+. The van der Waals surface area contributed by atoms with E-state index >= 15 is 0 Å². The molecule has 4 rings (SSSR count). The summed E-state index contributed by atoms with van der Waals surface area (Å²) in [5.41, 5.74) is 1.50. The van der Waals surface area contributed by atoms with Gasteiger partial charge < -0.3 is 10.4 Å². The molecule has 0 unspecified atom stereocenters. The van der Waals surface area contributed by atoms with E-state index in [1.165, 1.54) is 19.2 Å². The number of carboxylic acids is 1. The third-order valence-electron chi connectivity index (χ3n) is 5.09. The van der Waals surface area contributed by atoms with Crippen LogP contribution in [0.15, 0.2) is 71.8 Å². The number of nitrogens with one attached hydrogen (secondary N) is 1. The van der Waals surface area contributed by atoms with Crippen LogP contribution in [0.5, 0.6) is 0 Å². The summed E-state index contributed by atoms with van der Waals surface area (Å²) in [6.45, 7) is 1.51. The lowest BCUT2D eigenvalue weighted by atomic mass is 10.0. The monoisotopic (exact) mass is 511 g/mol. The van der Waals surface area contributed by atoms with Crippen LogP contribution in [-0.2, 0) is 11.0 Å². The zero-order valence-corrected chi connectivity index (χ0v) is 19.9. The predicted octanol–water partition coefficient (Wildman–Crippen LogP) is 6.22. The molecule has 0 aliphatic carbocycles. The summed E-state index contributed by atoms with van der Waals surface area (Å²) >= 11 is 1.56. The number of alkyl halides is 3. The first-order valence-corrected chi connectivity index (χ1v) is 11.8. The SMILES string of the molecule is CSc1cccc(Nc2ncc(-c3cccc(/C=C/C(=O)O)c3)c(-n3nc(C(F)(F)F)cc3C)n2)c1. The molecule has 0 spiro atoms. The highest BCUT2D eigenvalue weighted by Gasteiger charge is 2.35. The number of carbonyl (C=O) groups is 1. The number of carboxylic acid groups (broad SMARTS) is 1. The molecular weight excluding hydrogens is 491 g/mol. The first kappa shape index (κ1) is 25.0. The highest BCUT2D eigenvalue weighted by atomic mass is 32.2. The zero-order chi connectivity index (χ0) is 25.9. The van der Waals surface area contributed by atoms with Crippen molar-refractivity contribution in [2.45, 2.75) is 18.0 Å². The Kier molecular flexibility index (Phi) is 7.11. The van der Waals surface area contributed by atoms with Crippen molar-refractivity contribution < 1.29 is 23.1 Å². The number of aliphatic carboxylic acids is 1. The molecule has 0 radical (unpaired) electrons. The Labute approximate surface area is 208 Å². The van der Waals surface area contributed by atoms with Gasteiger partial charge in [0.2, 0.25) is 5.95 Å². The molecule has 184 valence electrons. The van der Waals surface area contributed by atoms with Crippen LogP contribution in [0.1, 0.15) is 17.0 Å². The average molecular weight is 512 g/mol. The van der Waals surface area contributed by atoms with Crippen LogP contribution in [0.4, 0.5) is 24.8 Å². The van der Waals surface area contributed by atoms with Crippen LogP contribution in [0.25, 0.3) is 23.0 Å². The number of hydrogen-bond acceptors (Lipinski definition) is 6. The maximum absolute atomic E-state index is 13.4. The number of halogens is 3. The minimum atomic E-state index is -4.62. The van der Waals surface area contributed by atoms with Gasteiger partial charge in [-0.2, -0.15) is 23.3 Å². The van der Waals surface area contributed by atoms with Crippen LogP contribution in [0.2, 0.25) is 0 Å². The quantitative estimate of drug-likeness (QED) is 0.225. The molecule has 4 aromatic rings.